The molecule has 0 saturated carbocycles. The standard InChI is InChI=1S/C20H22N4O2/c25-20(16-11-17(14-21-12-16)24-7-9-26-10-8-24)22-6-5-15-13-23-19-4-2-1-3-18(15)19/h1-4,11-14,23H,5-10H2,(H,22,25). The lowest BCUT2D eigenvalue weighted by atomic mass is 10.1. The van der Waals surface area contributed by atoms with Crippen molar-refractivity contribution in [3.8, 4) is 0 Å². The summed E-state index contributed by atoms with van der Waals surface area (Å²) in [6.45, 7) is 3.66. The van der Waals surface area contributed by atoms with Gasteiger partial charge in [0.15, 0.2) is 0 Å². The van der Waals surface area contributed by atoms with Crippen LogP contribution in [-0.2, 0) is 11.2 Å². The molecule has 0 radical (unpaired) electrons. The number of ether oxygens (including phenoxy) is 1. The number of aromatic nitrogens is 2. The number of pyridine rings is 1. The highest BCUT2D eigenvalue weighted by molar-refractivity contribution is 5.94. The summed E-state index contributed by atoms with van der Waals surface area (Å²) in [5.74, 6) is -0.0903. The molecule has 2 N–H and O–H groups in total. The molecule has 1 amide bonds. The third-order valence-electron chi connectivity index (χ3n) is 4.72. The Balaban J connectivity index is 1.37. The van der Waals surface area contributed by atoms with Crippen LogP contribution in [0.2, 0.25) is 0 Å². The zero-order valence-electron chi connectivity index (χ0n) is 14.6. The first-order chi connectivity index (χ1) is 12.8. The molecule has 26 heavy (non-hydrogen) atoms. The highest BCUT2D eigenvalue weighted by Crippen LogP contribution is 2.18. The SMILES string of the molecule is O=C(NCCc1c[nH]c2ccccc12)c1cncc(N2CCOCC2)c1. The van der Waals surface area contributed by atoms with Crippen LogP contribution in [0, 0.1) is 0 Å². The van der Waals surface area contributed by atoms with E-state index in [4.69, 9.17) is 4.74 Å². The quantitative estimate of drug-likeness (QED) is 0.741. The Morgan fingerprint density at radius 3 is 2.96 bits per heavy atom. The van der Waals surface area contributed by atoms with Gasteiger partial charge in [0, 0.05) is 42.9 Å². The summed E-state index contributed by atoms with van der Waals surface area (Å²) in [6, 6.07) is 10.1. The van der Waals surface area contributed by atoms with Crippen molar-refractivity contribution in [2.75, 3.05) is 37.7 Å². The number of amides is 1. The second kappa shape index (κ2) is 7.58. The van der Waals surface area contributed by atoms with Crippen molar-refractivity contribution in [3.05, 3.63) is 60.0 Å². The van der Waals surface area contributed by atoms with Crippen molar-refractivity contribution in [3.63, 3.8) is 0 Å². The average Bonchev–Trinajstić information content (AvgIpc) is 3.12. The van der Waals surface area contributed by atoms with Crippen molar-refractivity contribution in [2.24, 2.45) is 0 Å². The Kier molecular flexibility index (Phi) is 4.84. The van der Waals surface area contributed by atoms with Crippen LogP contribution in [0.3, 0.4) is 0 Å². The summed E-state index contributed by atoms with van der Waals surface area (Å²) < 4.78 is 5.37. The van der Waals surface area contributed by atoms with Gasteiger partial charge in [0.05, 0.1) is 30.7 Å². The Bertz CT molecular complexity index is 899. The monoisotopic (exact) mass is 350 g/mol. The fraction of sp³-hybridized carbons (Fsp3) is 0.300. The summed E-state index contributed by atoms with van der Waals surface area (Å²) in [5.41, 5.74) is 3.89. The summed E-state index contributed by atoms with van der Waals surface area (Å²) >= 11 is 0. The fourth-order valence-electron chi connectivity index (χ4n) is 3.30. The van der Waals surface area contributed by atoms with Crippen LogP contribution in [0.4, 0.5) is 5.69 Å². The molecule has 0 bridgehead atoms. The first kappa shape index (κ1) is 16.6. The van der Waals surface area contributed by atoms with Crippen LogP contribution in [0.25, 0.3) is 10.9 Å². The van der Waals surface area contributed by atoms with E-state index >= 15 is 0 Å². The average molecular weight is 350 g/mol. The van der Waals surface area contributed by atoms with E-state index in [1.54, 1.807) is 12.4 Å². The molecule has 1 saturated heterocycles. The van der Waals surface area contributed by atoms with E-state index in [1.807, 2.05) is 24.4 Å². The predicted octanol–water partition coefficient (Wildman–Crippen LogP) is 2.37. The number of H-pyrrole nitrogens is 1. The Morgan fingerprint density at radius 2 is 2.08 bits per heavy atom. The lowest BCUT2D eigenvalue weighted by molar-refractivity contribution is 0.0954. The van der Waals surface area contributed by atoms with E-state index in [0.29, 0.717) is 25.3 Å². The van der Waals surface area contributed by atoms with Crippen molar-refractivity contribution < 1.29 is 9.53 Å². The van der Waals surface area contributed by atoms with Gasteiger partial charge in [-0.2, -0.15) is 0 Å². The number of hydrogen-bond donors (Lipinski definition) is 2. The fourth-order valence-corrected chi connectivity index (χ4v) is 3.30. The zero-order chi connectivity index (χ0) is 17.8. The van der Waals surface area contributed by atoms with Gasteiger partial charge in [-0.05, 0) is 24.1 Å². The van der Waals surface area contributed by atoms with Crippen LogP contribution in [0.15, 0.2) is 48.9 Å². The highest BCUT2D eigenvalue weighted by atomic mass is 16.5. The summed E-state index contributed by atoms with van der Waals surface area (Å²) in [5, 5.41) is 4.20. The van der Waals surface area contributed by atoms with Crippen LogP contribution >= 0.6 is 0 Å². The van der Waals surface area contributed by atoms with Gasteiger partial charge in [0.1, 0.15) is 0 Å². The van der Waals surface area contributed by atoms with Crippen LogP contribution < -0.4 is 10.2 Å². The van der Waals surface area contributed by atoms with E-state index in [-0.39, 0.29) is 5.91 Å². The molecule has 1 fully saturated rings. The Hall–Kier alpha value is -2.86. The second-order valence-electron chi connectivity index (χ2n) is 6.40. The minimum Gasteiger partial charge on any atom is -0.378 e. The molecule has 0 aliphatic carbocycles. The molecule has 1 aromatic carbocycles. The van der Waals surface area contributed by atoms with Gasteiger partial charge in [-0.15, -0.1) is 0 Å². The number of para-hydroxylation sites is 1. The topological polar surface area (TPSA) is 70.2 Å². The van der Waals surface area contributed by atoms with Crippen molar-refractivity contribution in [1.82, 2.24) is 15.3 Å². The van der Waals surface area contributed by atoms with Crippen molar-refractivity contribution >= 4 is 22.5 Å². The van der Waals surface area contributed by atoms with Gasteiger partial charge in [-0.1, -0.05) is 18.2 Å². The molecule has 1 aliphatic rings. The van der Waals surface area contributed by atoms with E-state index in [0.717, 1.165) is 30.7 Å². The molecule has 3 heterocycles. The highest BCUT2D eigenvalue weighted by Gasteiger charge is 2.14. The zero-order valence-corrected chi connectivity index (χ0v) is 14.6. The molecule has 0 atom stereocenters. The summed E-state index contributed by atoms with van der Waals surface area (Å²) in [4.78, 5) is 22.2. The number of nitrogens with zero attached hydrogens (tertiary/aromatic N) is 2. The maximum Gasteiger partial charge on any atom is 0.252 e. The molecule has 1 aliphatic heterocycles. The number of carbonyl (C=O) groups excluding carboxylic acids is 1. The molecule has 6 heteroatoms. The lowest BCUT2D eigenvalue weighted by Gasteiger charge is -2.28. The first-order valence-electron chi connectivity index (χ1n) is 8.92. The second-order valence-corrected chi connectivity index (χ2v) is 6.40. The molecule has 134 valence electrons. The molecule has 6 nitrogen and oxygen atoms in total. The number of rotatable bonds is 5. The van der Waals surface area contributed by atoms with Crippen LogP contribution in [0.1, 0.15) is 15.9 Å². The minimum atomic E-state index is -0.0903. The van der Waals surface area contributed by atoms with Gasteiger partial charge in [-0.3, -0.25) is 9.78 Å². The minimum absolute atomic E-state index is 0.0903. The van der Waals surface area contributed by atoms with E-state index in [2.05, 4.69) is 32.3 Å². The maximum absolute atomic E-state index is 12.5. The van der Waals surface area contributed by atoms with Gasteiger partial charge < -0.3 is 19.9 Å². The molecular weight excluding hydrogens is 328 g/mol. The van der Waals surface area contributed by atoms with Crippen LogP contribution in [-0.4, -0.2) is 48.7 Å². The lowest BCUT2D eigenvalue weighted by Crippen LogP contribution is -2.36. The van der Waals surface area contributed by atoms with Crippen LogP contribution in [0.5, 0.6) is 0 Å². The number of carbonyl (C=O) groups is 1. The Morgan fingerprint density at radius 1 is 1.23 bits per heavy atom. The summed E-state index contributed by atoms with van der Waals surface area (Å²) in [6.07, 6.45) is 6.21. The number of hydrogen-bond acceptors (Lipinski definition) is 4. The van der Waals surface area contributed by atoms with Crippen molar-refractivity contribution in [2.45, 2.75) is 6.42 Å². The molecule has 0 unspecified atom stereocenters. The largest absolute Gasteiger partial charge is 0.378 e. The van der Waals surface area contributed by atoms with E-state index < -0.39 is 0 Å². The van der Waals surface area contributed by atoms with Gasteiger partial charge in [-0.25, -0.2) is 0 Å². The number of fused-ring (bicyclic) bond motifs is 1. The number of anilines is 1. The van der Waals surface area contributed by atoms with Gasteiger partial charge >= 0.3 is 0 Å². The predicted molar refractivity (Wildman–Crippen MR) is 102 cm³/mol. The van der Waals surface area contributed by atoms with E-state index in [9.17, 15) is 4.79 Å². The number of nitrogens with one attached hydrogen (secondary N) is 2. The molecular formula is C20H22N4O2. The Labute approximate surface area is 152 Å². The summed E-state index contributed by atoms with van der Waals surface area (Å²) in [7, 11) is 0. The normalized spacial score (nSPS) is 14.5. The maximum atomic E-state index is 12.5. The third kappa shape index (κ3) is 3.55. The number of benzene rings is 1. The number of aromatic amines is 1. The van der Waals surface area contributed by atoms with Crippen molar-refractivity contribution in [1.29, 1.82) is 0 Å². The van der Waals surface area contributed by atoms with Gasteiger partial charge in [0.2, 0.25) is 0 Å². The first-order valence-corrected chi connectivity index (χ1v) is 8.92. The molecule has 0 spiro atoms. The third-order valence-corrected chi connectivity index (χ3v) is 4.72. The number of morpholine rings is 1. The molecule has 3 aromatic rings. The molecule has 2 aromatic heterocycles. The van der Waals surface area contributed by atoms with E-state index in [1.165, 1.54) is 10.9 Å². The molecule has 4 rings (SSSR count). The van der Waals surface area contributed by atoms with Gasteiger partial charge in [0.25, 0.3) is 5.91 Å². The smallest absolute Gasteiger partial charge is 0.252 e.